The molecule has 4 rings (SSSR count). The van der Waals surface area contributed by atoms with E-state index >= 15 is 0 Å². The second kappa shape index (κ2) is 8.51. The molecular formula is C23H28N2O4. The molecule has 3 atom stereocenters. The van der Waals surface area contributed by atoms with Gasteiger partial charge in [0, 0.05) is 18.2 Å². The van der Waals surface area contributed by atoms with Crippen LogP contribution >= 0.6 is 0 Å². The molecule has 0 spiro atoms. The van der Waals surface area contributed by atoms with Crippen LogP contribution in [0.25, 0.3) is 22.4 Å². The van der Waals surface area contributed by atoms with Crippen LogP contribution in [0.2, 0.25) is 0 Å². The van der Waals surface area contributed by atoms with Crippen molar-refractivity contribution in [1.82, 2.24) is 9.55 Å². The first kappa shape index (κ1) is 19.9. The number of hydrogen-bond acceptors (Lipinski definition) is 5. The van der Waals surface area contributed by atoms with E-state index in [1.165, 1.54) is 29.4 Å². The molecule has 0 saturated carbocycles. The molecule has 2 aromatic heterocycles. The number of furan rings is 1. The summed E-state index contributed by atoms with van der Waals surface area (Å²) in [6.07, 6.45) is 6.23. The van der Waals surface area contributed by atoms with Crippen molar-refractivity contribution in [3.8, 4) is 11.3 Å². The number of nitrogens with zero attached hydrogens (tertiary/aromatic N) is 2. The zero-order valence-corrected chi connectivity index (χ0v) is 17.0. The van der Waals surface area contributed by atoms with E-state index < -0.39 is 18.0 Å². The van der Waals surface area contributed by atoms with Crippen molar-refractivity contribution in [1.29, 1.82) is 0 Å². The highest BCUT2D eigenvalue weighted by molar-refractivity contribution is 5.79. The van der Waals surface area contributed by atoms with Gasteiger partial charge in [-0.05, 0) is 30.9 Å². The normalized spacial score (nSPS) is 21.8. The summed E-state index contributed by atoms with van der Waals surface area (Å²) in [5.41, 5.74) is 2.16. The van der Waals surface area contributed by atoms with Crippen LogP contribution in [-0.4, -0.2) is 26.9 Å². The first-order valence-electron chi connectivity index (χ1n) is 10.5. The molecule has 1 aliphatic heterocycles. The molecule has 154 valence electrons. The second-order valence-electron chi connectivity index (χ2n) is 7.80. The van der Waals surface area contributed by atoms with Gasteiger partial charge in [-0.15, -0.1) is 0 Å². The molecule has 6 heteroatoms. The maximum absolute atomic E-state index is 12.5. The van der Waals surface area contributed by atoms with Crippen molar-refractivity contribution in [2.24, 2.45) is 0 Å². The minimum Gasteiger partial charge on any atom is -0.437 e. The fourth-order valence-electron chi connectivity index (χ4n) is 3.94. The van der Waals surface area contributed by atoms with E-state index in [9.17, 15) is 9.90 Å². The molecule has 3 aromatic rings. The maximum Gasteiger partial charge on any atom is 0.353 e. The molecule has 1 fully saturated rings. The summed E-state index contributed by atoms with van der Waals surface area (Å²) in [5, 5.41) is 10.8. The first-order valence-corrected chi connectivity index (χ1v) is 10.5. The third kappa shape index (κ3) is 4.14. The van der Waals surface area contributed by atoms with E-state index in [-0.39, 0.29) is 6.10 Å². The standard InChI is InChI=1S/C23H28N2O4/c1-3-5-6-7-15-8-10-16(11-9-15)20-12-17-14-25(23(27)24-22(17)29-20)21-13-18(26)19(4-2)28-21/h8-12,14,18-19,21,26H,3-7,13H2,1-2H3. The van der Waals surface area contributed by atoms with Gasteiger partial charge in [-0.1, -0.05) is 51.0 Å². The van der Waals surface area contributed by atoms with Crippen molar-refractivity contribution < 1.29 is 14.3 Å². The Morgan fingerprint density at radius 3 is 2.69 bits per heavy atom. The molecule has 0 amide bonds. The van der Waals surface area contributed by atoms with Gasteiger partial charge in [0.25, 0.3) is 0 Å². The van der Waals surface area contributed by atoms with Crippen molar-refractivity contribution >= 4 is 11.1 Å². The van der Waals surface area contributed by atoms with E-state index in [1.807, 2.05) is 25.1 Å². The van der Waals surface area contributed by atoms with Crippen LogP contribution in [0.3, 0.4) is 0 Å². The van der Waals surface area contributed by atoms with E-state index in [0.717, 1.165) is 17.4 Å². The van der Waals surface area contributed by atoms with Gasteiger partial charge in [-0.25, -0.2) is 4.79 Å². The summed E-state index contributed by atoms with van der Waals surface area (Å²) in [6.45, 7) is 4.16. The van der Waals surface area contributed by atoms with Crippen LogP contribution < -0.4 is 5.69 Å². The van der Waals surface area contributed by atoms with Crippen LogP contribution in [0.1, 0.15) is 57.7 Å². The summed E-state index contributed by atoms with van der Waals surface area (Å²) < 4.78 is 13.1. The summed E-state index contributed by atoms with van der Waals surface area (Å²) in [6, 6.07) is 10.3. The van der Waals surface area contributed by atoms with Crippen LogP contribution in [-0.2, 0) is 11.2 Å². The number of unbranched alkanes of at least 4 members (excludes halogenated alkanes) is 2. The molecule has 1 aliphatic rings. The van der Waals surface area contributed by atoms with Crippen molar-refractivity contribution in [2.75, 3.05) is 0 Å². The van der Waals surface area contributed by atoms with Gasteiger partial charge in [0.15, 0.2) is 0 Å². The fourth-order valence-corrected chi connectivity index (χ4v) is 3.94. The van der Waals surface area contributed by atoms with Gasteiger partial charge >= 0.3 is 5.69 Å². The predicted octanol–water partition coefficient (Wildman–Crippen LogP) is 4.45. The predicted molar refractivity (Wildman–Crippen MR) is 112 cm³/mol. The van der Waals surface area contributed by atoms with Crippen molar-refractivity contribution in [2.45, 2.75) is 70.8 Å². The largest absolute Gasteiger partial charge is 0.437 e. The monoisotopic (exact) mass is 396 g/mol. The molecule has 0 aliphatic carbocycles. The van der Waals surface area contributed by atoms with Gasteiger partial charge in [0.05, 0.1) is 17.6 Å². The van der Waals surface area contributed by atoms with Crippen molar-refractivity contribution in [3.63, 3.8) is 0 Å². The Kier molecular flexibility index (Phi) is 5.83. The van der Waals surface area contributed by atoms with Gasteiger partial charge in [0.2, 0.25) is 5.71 Å². The number of aryl methyl sites for hydroxylation is 1. The van der Waals surface area contributed by atoms with Gasteiger partial charge in [-0.3, -0.25) is 4.57 Å². The molecule has 1 aromatic carbocycles. The quantitative estimate of drug-likeness (QED) is 0.597. The Hall–Kier alpha value is -2.44. The van der Waals surface area contributed by atoms with E-state index in [4.69, 9.17) is 9.15 Å². The Labute approximate surface area is 170 Å². The molecule has 1 N–H and O–H groups in total. The van der Waals surface area contributed by atoms with E-state index in [0.29, 0.717) is 24.3 Å². The van der Waals surface area contributed by atoms with Crippen LogP contribution in [0.5, 0.6) is 0 Å². The number of rotatable bonds is 7. The summed E-state index contributed by atoms with van der Waals surface area (Å²) >= 11 is 0. The molecule has 0 radical (unpaired) electrons. The van der Waals surface area contributed by atoms with Crippen molar-refractivity contribution in [3.05, 3.63) is 52.6 Å². The molecule has 29 heavy (non-hydrogen) atoms. The van der Waals surface area contributed by atoms with Crippen LogP contribution in [0.15, 0.2) is 45.7 Å². The lowest BCUT2D eigenvalue weighted by Crippen LogP contribution is -2.26. The number of ether oxygens (including phenoxy) is 1. The highest BCUT2D eigenvalue weighted by Gasteiger charge is 2.34. The Morgan fingerprint density at radius 2 is 2.00 bits per heavy atom. The topological polar surface area (TPSA) is 77.5 Å². The minimum absolute atomic E-state index is 0.252. The summed E-state index contributed by atoms with van der Waals surface area (Å²) in [4.78, 5) is 16.6. The first-order chi connectivity index (χ1) is 14.1. The molecular weight excluding hydrogens is 368 g/mol. The molecule has 6 nitrogen and oxygen atoms in total. The SMILES string of the molecule is CCCCCc1ccc(-c2cc3cn(C4CC(O)C(CC)O4)c(=O)nc3o2)cc1. The van der Waals surface area contributed by atoms with Gasteiger partial charge in [-0.2, -0.15) is 4.98 Å². The third-order valence-corrected chi connectivity index (χ3v) is 5.66. The number of hydrogen-bond donors (Lipinski definition) is 1. The third-order valence-electron chi connectivity index (χ3n) is 5.66. The zero-order valence-electron chi connectivity index (χ0n) is 17.0. The number of aromatic nitrogens is 2. The lowest BCUT2D eigenvalue weighted by Gasteiger charge is -2.14. The molecule has 3 heterocycles. The lowest BCUT2D eigenvalue weighted by molar-refractivity contribution is -0.0215. The Morgan fingerprint density at radius 1 is 1.21 bits per heavy atom. The van der Waals surface area contributed by atoms with Gasteiger partial charge in [0.1, 0.15) is 12.0 Å². The lowest BCUT2D eigenvalue weighted by atomic mass is 10.0. The van der Waals surface area contributed by atoms with Gasteiger partial charge < -0.3 is 14.3 Å². The highest BCUT2D eigenvalue weighted by Crippen LogP contribution is 2.31. The fraction of sp³-hybridized carbons (Fsp3) is 0.478. The Balaban J connectivity index is 1.58. The summed E-state index contributed by atoms with van der Waals surface area (Å²) in [5.74, 6) is 0.684. The Bertz CT molecular complexity index is 1020. The average Bonchev–Trinajstić information content (AvgIpc) is 3.30. The van der Waals surface area contributed by atoms with Crippen LogP contribution in [0, 0.1) is 0 Å². The number of fused-ring (bicyclic) bond motifs is 1. The van der Waals surface area contributed by atoms with E-state index in [1.54, 1.807) is 6.20 Å². The minimum atomic E-state index is -0.566. The zero-order chi connectivity index (χ0) is 20.4. The van der Waals surface area contributed by atoms with Crippen LogP contribution in [0.4, 0.5) is 0 Å². The average molecular weight is 396 g/mol. The number of aliphatic hydroxyl groups is 1. The molecule has 3 unspecified atom stereocenters. The number of benzene rings is 1. The second-order valence-corrected chi connectivity index (χ2v) is 7.80. The molecule has 0 bridgehead atoms. The van der Waals surface area contributed by atoms with E-state index in [2.05, 4.69) is 24.0 Å². The summed E-state index contributed by atoms with van der Waals surface area (Å²) in [7, 11) is 0. The number of aliphatic hydroxyl groups excluding tert-OH is 1. The highest BCUT2D eigenvalue weighted by atomic mass is 16.5. The molecule has 1 saturated heterocycles. The maximum atomic E-state index is 12.5. The smallest absolute Gasteiger partial charge is 0.353 e.